The van der Waals surface area contributed by atoms with Crippen molar-refractivity contribution in [2.45, 2.75) is 12.5 Å². The summed E-state index contributed by atoms with van der Waals surface area (Å²) in [4.78, 5) is 0. The highest BCUT2D eigenvalue weighted by Crippen LogP contribution is 2.34. The Hall–Kier alpha value is -2.08. The highest BCUT2D eigenvalue weighted by Gasteiger charge is 2.18. The van der Waals surface area contributed by atoms with Crippen molar-refractivity contribution >= 4 is 22.5 Å². The minimum atomic E-state index is -0.942. The summed E-state index contributed by atoms with van der Waals surface area (Å²) in [6.07, 6.45) is 1.79. The van der Waals surface area contributed by atoms with Gasteiger partial charge in [-0.15, -0.1) is 0 Å². The first-order valence-electron chi connectivity index (χ1n) is 8.49. The molecular formula is C20H22ClFN2O2. The normalized spacial score (nSPS) is 12.5. The summed E-state index contributed by atoms with van der Waals surface area (Å²) >= 11 is 6.11. The van der Waals surface area contributed by atoms with Crippen LogP contribution in [-0.2, 0) is 13.5 Å². The lowest BCUT2D eigenvalue weighted by Crippen LogP contribution is -2.12. The van der Waals surface area contributed by atoms with Gasteiger partial charge in [0.25, 0.3) is 0 Å². The van der Waals surface area contributed by atoms with Gasteiger partial charge >= 0.3 is 0 Å². The van der Waals surface area contributed by atoms with Gasteiger partial charge in [-0.2, -0.15) is 0 Å². The topological polar surface area (TPSA) is 46.4 Å². The van der Waals surface area contributed by atoms with Crippen molar-refractivity contribution in [3.8, 4) is 5.75 Å². The third-order valence-electron chi connectivity index (χ3n) is 4.43. The third kappa shape index (κ3) is 3.70. The first-order chi connectivity index (χ1) is 12.5. The Morgan fingerprint density at radius 2 is 2.04 bits per heavy atom. The molecule has 0 amide bonds. The molecule has 0 fully saturated rings. The molecule has 6 heteroatoms. The fourth-order valence-electron chi connectivity index (χ4n) is 3.11. The van der Waals surface area contributed by atoms with E-state index in [1.54, 1.807) is 30.3 Å². The molecule has 0 saturated carbocycles. The second kappa shape index (κ2) is 8.08. The molecule has 0 bridgehead atoms. The van der Waals surface area contributed by atoms with Crippen molar-refractivity contribution in [3.05, 3.63) is 64.6 Å². The number of aliphatic hydroxyl groups is 1. The zero-order valence-electron chi connectivity index (χ0n) is 14.8. The van der Waals surface area contributed by atoms with Crippen LogP contribution in [0.5, 0.6) is 5.75 Å². The van der Waals surface area contributed by atoms with Crippen molar-refractivity contribution in [1.29, 1.82) is 0 Å². The number of aliphatic hydroxyl groups excluding tert-OH is 1. The Labute approximate surface area is 157 Å². The molecule has 0 aliphatic heterocycles. The monoisotopic (exact) mass is 376 g/mol. The van der Waals surface area contributed by atoms with Crippen LogP contribution in [0.4, 0.5) is 4.39 Å². The minimum absolute atomic E-state index is 0.0832. The first kappa shape index (κ1) is 18.7. The maximum atomic E-state index is 14.5. The van der Waals surface area contributed by atoms with Gasteiger partial charge in [0, 0.05) is 29.2 Å². The SMILES string of the molecule is CNCCc1cn(C)c2ccc(F)c(OCC(O)c3ccccc3Cl)c12. The van der Waals surface area contributed by atoms with E-state index >= 15 is 0 Å². The molecule has 4 nitrogen and oxygen atoms in total. The fourth-order valence-corrected chi connectivity index (χ4v) is 3.37. The molecule has 2 N–H and O–H groups in total. The predicted octanol–water partition coefficient (Wildman–Crippen LogP) is 3.85. The number of benzene rings is 2. The lowest BCUT2D eigenvalue weighted by atomic mass is 10.1. The number of fused-ring (bicyclic) bond motifs is 1. The summed E-state index contributed by atoms with van der Waals surface area (Å²) in [6.45, 7) is 0.692. The Morgan fingerprint density at radius 1 is 1.27 bits per heavy atom. The molecule has 26 heavy (non-hydrogen) atoms. The number of aryl methyl sites for hydroxylation is 1. The van der Waals surface area contributed by atoms with Crippen molar-refractivity contribution < 1.29 is 14.2 Å². The Bertz CT molecular complexity index is 910. The summed E-state index contributed by atoms with van der Waals surface area (Å²) in [5, 5.41) is 14.7. The highest BCUT2D eigenvalue weighted by molar-refractivity contribution is 6.31. The summed E-state index contributed by atoms with van der Waals surface area (Å²) < 4.78 is 22.2. The van der Waals surface area contributed by atoms with Crippen molar-refractivity contribution in [3.63, 3.8) is 0 Å². The zero-order chi connectivity index (χ0) is 18.7. The van der Waals surface area contributed by atoms with E-state index in [1.165, 1.54) is 6.07 Å². The summed E-state index contributed by atoms with van der Waals surface area (Å²) in [7, 11) is 3.80. The van der Waals surface area contributed by atoms with Crippen molar-refractivity contribution in [2.75, 3.05) is 20.2 Å². The van der Waals surface area contributed by atoms with Crippen LogP contribution in [0.3, 0.4) is 0 Å². The molecule has 0 radical (unpaired) electrons. The summed E-state index contributed by atoms with van der Waals surface area (Å²) in [6, 6.07) is 10.1. The van der Waals surface area contributed by atoms with Crippen LogP contribution < -0.4 is 10.1 Å². The van der Waals surface area contributed by atoms with Gasteiger partial charge < -0.3 is 19.7 Å². The van der Waals surface area contributed by atoms with Gasteiger partial charge in [-0.1, -0.05) is 29.8 Å². The predicted molar refractivity (Wildman–Crippen MR) is 102 cm³/mol. The van der Waals surface area contributed by atoms with Crippen LogP contribution >= 0.6 is 11.6 Å². The molecule has 1 aromatic heterocycles. The Morgan fingerprint density at radius 3 is 2.77 bits per heavy atom. The number of ether oxygens (including phenoxy) is 1. The molecule has 2 aromatic carbocycles. The second-order valence-corrected chi connectivity index (χ2v) is 6.64. The number of nitrogens with zero attached hydrogens (tertiary/aromatic N) is 1. The number of hydrogen-bond donors (Lipinski definition) is 2. The molecule has 1 unspecified atom stereocenters. The summed E-state index contributed by atoms with van der Waals surface area (Å²) in [5.41, 5.74) is 2.45. The van der Waals surface area contributed by atoms with Crippen LogP contribution in [0.15, 0.2) is 42.6 Å². The van der Waals surface area contributed by atoms with Gasteiger partial charge in [-0.05, 0) is 43.8 Å². The number of rotatable bonds is 7. The van der Waals surface area contributed by atoms with E-state index in [4.69, 9.17) is 16.3 Å². The van der Waals surface area contributed by atoms with E-state index in [1.807, 2.05) is 24.9 Å². The van der Waals surface area contributed by atoms with E-state index < -0.39 is 11.9 Å². The number of nitrogens with one attached hydrogen (secondary N) is 1. The van der Waals surface area contributed by atoms with Crippen LogP contribution in [0.25, 0.3) is 10.9 Å². The quantitative estimate of drug-likeness (QED) is 0.658. The smallest absolute Gasteiger partial charge is 0.165 e. The minimum Gasteiger partial charge on any atom is -0.487 e. The Kier molecular flexibility index (Phi) is 5.81. The maximum absolute atomic E-state index is 14.5. The van der Waals surface area contributed by atoms with Crippen LogP contribution in [0, 0.1) is 5.82 Å². The van der Waals surface area contributed by atoms with Gasteiger partial charge in [-0.3, -0.25) is 0 Å². The van der Waals surface area contributed by atoms with Crippen molar-refractivity contribution in [2.24, 2.45) is 7.05 Å². The molecule has 138 valence electrons. The highest BCUT2D eigenvalue weighted by atomic mass is 35.5. The molecule has 1 atom stereocenters. The molecule has 0 spiro atoms. The fraction of sp³-hybridized carbons (Fsp3) is 0.300. The average Bonchev–Trinajstić information content (AvgIpc) is 2.95. The third-order valence-corrected chi connectivity index (χ3v) is 4.78. The number of aromatic nitrogens is 1. The van der Waals surface area contributed by atoms with Gasteiger partial charge in [0.2, 0.25) is 0 Å². The standard InChI is InChI=1S/C20H22ClFN2O2/c1-23-10-9-13-11-24(2)17-8-7-16(22)20(19(13)17)26-12-18(25)14-5-3-4-6-15(14)21/h3-8,11,18,23,25H,9-10,12H2,1-2H3. The van der Waals surface area contributed by atoms with Gasteiger partial charge in [0.1, 0.15) is 12.7 Å². The average molecular weight is 377 g/mol. The zero-order valence-corrected chi connectivity index (χ0v) is 15.6. The largest absolute Gasteiger partial charge is 0.487 e. The molecule has 1 heterocycles. The number of likely N-dealkylation sites (N-methyl/N-ethyl adjacent to an activating group) is 1. The van der Waals surface area contributed by atoms with Crippen LogP contribution in [-0.4, -0.2) is 29.9 Å². The molecule has 0 aliphatic rings. The second-order valence-electron chi connectivity index (χ2n) is 6.24. The molecule has 3 rings (SSSR count). The number of hydrogen-bond acceptors (Lipinski definition) is 3. The van der Waals surface area contributed by atoms with E-state index in [9.17, 15) is 9.50 Å². The van der Waals surface area contributed by atoms with Crippen molar-refractivity contribution in [1.82, 2.24) is 9.88 Å². The lowest BCUT2D eigenvalue weighted by Gasteiger charge is -2.16. The lowest BCUT2D eigenvalue weighted by molar-refractivity contribution is 0.107. The molecular weight excluding hydrogens is 355 g/mol. The summed E-state index contributed by atoms with van der Waals surface area (Å²) in [5.74, 6) is -0.277. The van der Waals surface area contributed by atoms with E-state index in [0.29, 0.717) is 10.6 Å². The van der Waals surface area contributed by atoms with E-state index in [-0.39, 0.29) is 12.4 Å². The molecule has 3 aromatic rings. The van der Waals surface area contributed by atoms with Crippen LogP contribution in [0.2, 0.25) is 5.02 Å². The molecule has 0 aliphatic carbocycles. The number of halogens is 2. The van der Waals surface area contributed by atoms with E-state index in [0.717, 1.165) is 29.4 Å². The van der Waals surface area contributed by atoms with Crippen LogP contribution in [0.1, 0.15) is 17.2 Å². The Balaban J connectivity index is 1.91. The van der Waals surface area contributed by atoms with Gasteiger partial charge in [0.05, 0.1) is 5.52 Å². The first-order valence-corrected chi connectivity index (χ1v) is 8.87. The van der Waals surface area contributed by atoms with Gasteiger partial charge in [-0.25, -0.2) is 4.39 Å². The van der Waals surface area contributed by atoms with Gasteiger partial charge in [0.15, 0.2) is 11.6 Å². The van der Waals surface area contributed by atoms with E-state index in [2.05, 4.69) is 5.32 Å². The maximum Gasteiger partial charge on any atom is 0.165 e. The molecule has 0 saturated heterocycles.